The molecule has 0 spiro atoms. The summed E-state index contributed by atoms with van der Waals surface area (Å²) in [4.78, 5) is 26.0. The van der Waals surface area contributed by atoms with Crippen LogP contribution in [0.1, 0.15) is 37.7 Å². The summed E-state index contributed by atoms with van der Waals surface area (Å²) in [7, 11) is 0. The third kappa shape index (κ3) is 3.75. The highest BCUT2D eigenvalue weighted by Gasteiger charge is 2.42. The van der Waals surface area contributed by atoms with E-state index in [9.17, 15) is 19.1 Å². The first-order valence-electron chi connectivity index (χ1n) is 8.42. The molecule has 1 aromatic carbocycles. The van der Waals surface area contributed by atoms with Gasteiger partial charge in [0.25, 0.3) is 0 Å². The van der Waals surface area contributed by atoms with E-state index in [1.165, 1.54) is 12.1 Å². The summed E-state index contributed by atoms with van der Waals surface area (Å²) in [6.45, 7) is 2.67. The fraction of sp³-hybridized carbons (Fsp3) is 0.556. The quantitative estimate of drug-likeness (QED) is 0.856. The maximum atomic E-state index is 13.0. The number of carbonyl (C=O) groups is 2. The van der Waals surface area contributed by atoms with Crippen LogP contribution in [0.15, 0.2) is 24.3 Å². The molecule has 1 saturated carbocycles. The third-order valence-corrected chi connectivity index (χ3v) is 4.93. The van der Waals surface area contributed by atoms with Crippen LogP contribution in [0.4, 0.5) is 4.39 Å². The molecule has 2 atom stereocenters. The minimum atomic E-state index is -1.07. The molecule has 6 heteroatoms. The van der Waals surface area contributed by atoms with Gasteiger partial charge in [-0.05, 0) is 43.9 Å². The van der Waals surface area contributed by atoms with Gasteiger partial charge in [-0.25, -0.2) is 4.39 Å². The zero-order valence-electron chi connectivity index (χ0n) is 13.8. The number of halogens is 1. The number of amides is 2. The fourth-order valence-corrected chi connectivity index (χ4v) is 3.08. The van der Waals surface area contributed by atoms with E-state index in [0.717, 1.165) is 18.4 Å². The van der Waals surface area contributed by atoms with Crippen molar-refractivity contribution in [3.63, 3.8) is 0 Å². The standard InChI is InChI=1S/C18H23FN2O3/c1-12(13-4-6-15(19)7-5-13)16(22)20-10-18(24)8-9-21(11-18)17(23)14-2-3-14/h4-7,12,14,24H,2-3,8-11H2,1H3,(H,20,22)/t12-,18?/m0/s1. The second kappa shape index (κ2) is 6.51. The van der Waals surface area contributed by atoms with Crippen LogP contribution >= 0.6 is 0 Å². The first-order valence-corrected chi connectivity index (χ1v) is 8.42. The summed E-state index contributed by atoms with van der Waals surface area (Å²) in [6.07, 6.45) is 2.36. The molecule has 1 aliphatic heterocycles. The Balaban J connectivity index is 1.52. The van der Waals surface area contributed by atoms with Crippen LogP contribution in [0.25, 0.3) is 0 Å². The Morgan fingerprint density at radius 3 is 2.67 bits per heavy atom. The number of likely N-dealkylation sites (tertiary alicyclic amines) is 1. The number of rotatable bonds is 5. The van der Waals surface area contributed by atoms with Gasteiger partial charge in [0, 0.05) is 19.0 Å². The molecule has 1 aliphatic carbocycles. The van der Waals surface area contributed by atoms with Gasteiger partial charge < -0.3 is 15.3 Å². The molecular formula is C18H23FN2O3. The topological polar surface area (TPSA) is 69.6 Å². The van der Waals surface area contributed by atoms with E-state index in [1.807, 2.05) is 0 Å². The van der Waals surface area contributed by atoms with Crippen molar-refractivity contribution in [2.45, 2.75) is 37.7 Å². The number of nitrogens with zero attached hydrogens (tertiary/aromatic N) is 1. The Kier molecular flexibility index (Phi) is 4.58. The van der Waals surface area contributed by atoms with E-state index in [4.69, 9.17) is 0 Å². The predicted octanol–water partition coefficient (Wildman–Crippen LogP) is 1.42. The largest absolute Gasteiger partial charge is 0.386 e. The number of benzene rings is 1. The van der Waals surface area contributed by atoms with E-state index in [-0.39, 0.29) is 36.6 Å². The minimum absolute atomic E-state index is 0.117. The van der Waals surface area contributed by atoms with Gasteiger partial charge in [-0.15, -0.1) is 0 Å². The lowest BCUT2D eigenvalue weighted by Crippen LogP contribution is -2.46. The maximum absolute atomic E-state index is 13.0. The molecular weight excluding hydrogens is 311 g/mol. The van der Waals surface area contributed by atoms with E-state index >= 15 is 0 Å². The average molecular weight is 334 g/mol. The summed E-state index contributed by atoms with van der Waals surface area (Å²) >= 11 is 0. The molecule has 0 bridgehead atoms. The number of nitrogens with one attached hydrogen (secondary N) is 1. The van der Waals surface area contributed by atoms with Gasteiger partial charge in [0.1, 0.15) is 11.4 Å². The Morgan fingerprint density at radius 2 is 2.04 bits per heavy atom. The summed E-state index contributed by atoms with van der Waals surface area (Å²) < 4.78 is 13.0. The lowest BCUT2D eigenvalue weighted by Gasteiger charge is -2.24. The van der Waals surface area contributed by atoms with Crippen LogP contribution in [0.5, 0.6) is 0 Å². The van der Waals surface area contributed by atoms with Gasteiger partial charge in [-0.3, -0.25) is 9.59 Å². The fourth-order valence-electron chi connectivity index (χ4n) is 3.08. The Morgan fingerprint density at radius 1 is 1.38 bits per heavy atom. The first kappa shape index (κ1) is 16.9. The number of aliphatic hydroxyl groups is 1. The highest BCUT2D eigenvalue weighted by atomic mass is 19.1. The van der Waals surface area contributed by atoms with E-state index in [2.05, 4.69) is 5.32 Å². The molecule has 1 unspecified atom stereocenters. The van der Waals surface area contributed by atoms with E-state index < -0.39 is 11.5 Å². The van der Waals surface area contributed by atoms with Gasteiger partial charge in [-0.2, -0.15) is 0 Å². The predicted molar refractivity (Wildman–Crippen MR) is 86.7 cm³/mol. The lowest BCUT2D eigenvalue weighted by atomic mass is 9.99. The molecule has 1 aromatic rings. The van der Waals surface area contributed by atoms with Gasteiger partial charge in [0.2, 0.25) is 11.8 Å². The molecule has 130 valence electrons. The van der Waals surface area contributed by atoms with Gasteiger partial charge in [0.15, 0.2) is 0 Å². The summed E-state index contributed by atoms with van der Waals surface area (Å²) in [6, 6.07) is 5.82. The van der Waals surface area contributed by atoms with Crippen molar-refractivity contribution in [3.8, 4) is 0 Å². The number of hydrogen-bond donors (Lipinski definition) is 2. The van der Waals surface area contributed by atoms with Crippen molar-refractivity contribution >= 4 is 11.8 Å². The van der Waals surface area contributed by atoms with Crippen molar-refractivity contribution in [2.24, 2.45) is 5.92 Å². The smallest absolute Gasteiger partial charge is 0.227 e. The Bertz CT molecular complexity index is 630. The van der Waals surface area contributed by atoms with Crippen molar-refractivity contribution in [1.29, 1.82) is 0 Å². The summed E-state index contributed by atoms with van der Waals surface area (Å²) in [5, 5.41) is 13.4. The molecule has 5 nitrogen and oxygen atoms in total. The number of hydrogen-bond acceptors (Lipinski definition) is 3. The third-order valence-electron chi connectivity index (χ3n) is 4.93. The van der Waals surface area contributed by atoms with Crippen molar-refractivity contribution in [1.82, 2.24) is 10.2 Å². The normalized spacial score (nSPS) is 24.7. The number of carbonyl (C=O) groups excluding carboxylic acids is 2. The maximum Gasteiger partial charge on any atom is 0.227 e. The molecule has 24 heavy (non-hydrogen) atoms. The monoisotopic (exact) mass is 334 g/mol. The second-order valence-corrected chi connectivity index (χ2v) is 7.00. The number of β-amino-alcohol motifs (C(OH)–C–C–N with tert-alkyl or cyclic N) is 1. The van der Waals surface area contributed by atoms with Crippen LogP contribution in [0.3, 0.4) is 0 Å². The molecule has 1 saturated heterocycles. The van der Waals surface area contributed by atoms with Crippen molar-refractivity contribution in [2.75, 3.05) is 19.6 Å². The molecule has 1 heterocycles. The molecule has 2 N–H and O–H groups in total. The van der Waals surface area contributed by atoms with Gasteiger partial charge in [0.05, 0.1) is 12.5 Å². The second-order valence-electron chi connectivity index (χ2n) is 7.00. The molecule has 0 aromatic heterocycles. The van der Waals surface area contributed by atoms with Gasteiger partial charge >= 0.3 is 0 Å². The SMILES string of the molecule is C[C@H](C(=O)NCC1(O)CCN(C(=O)C2CC2)C1)c1ccc(F)cc1. The molecule has 2 amide bonds. The molecule has 2 fully saturated rings. The first-order chi connectivity index (χ1) is 11.4. The highest BCUT2D eigenvalue weighted by Crippen LogP contribution is 2.33. The van der Waals surface area contributed by atoms with Crippen molar-refractivity contribution in [3.05, 3.63) is 35.6 Å². The van der Waals surface area contributed by atoms with Crippen molar-refractivity contribution < 1.29 is 19.1 Å². The van der Waals surface area contributed by atoms with Crippen LogP contribution in [-0.2, 0) is 9.59 Å². The highest BCUT2D eigenvalue weighted by molar-refractivity contribution is 5.83. The van der Waals surface area contributed by atoms with Crippen LogP contribution < -0.4 is 5.32 Å². The molecule has 3 rings (SSSR count). The zero-order chi connectivity index (χ0) is 17.3. The Labute approximate surface area is 140 Å². The molecule has 0 radical (unpaired) electrons. The average Bonchev–Trinajstić information content (AvgIpc) is 3.35. The minimum Gasteiger partial charge on any atom is -0.386 e. The van der Waals surface area contributed by atoms with Crippen LogP contribution in [0, 0.1) is 11.7 Å². The summed E-state index contributed by atoms with van der Waals surface area (Å²) in [5.41, 5.74) is -0.347. The lowest BCUT2D eigenvalue weighted by molar-refractivity contribution is -0.132. The van der Waals surface area contributed by atoms with E-state index in [0.29, 0.717) is 13.0 Å². The Hall–Kier alpha value is -1.95. The van der Waals surface area contributed by atoms with Crippen LogP contribution in [-0.4, -0.2) is 47.1 Å². The van der Waals surface area contributed by atoms with Crippen LogP contribution in [0.2, 0.25) is 0 Å². The molecule has 2 aliphatic rings. The summed E-state index contributed by atoms with van der Waals surface area (Å²) in [5.74, 6) is -0.730. The van der Waals surface area contributed by atoms with Gasteiger partial charge in [-0.1, -0.05) is 12.1 Å². The van der Waals surface area contributed by atoms with E-state index in [1.54, 1.807) is 24.0 Å². The zero-order valence-corrected chi connectivity index (χ0v) is 13.8.